The lowest BCUT2D eigenvalue weighted by atomic mass is 10.1. The summed E-state index contributed by atoms with van der Waals surface area (Å²) in [5, 5.41) is 0. The van der Waals surface area contributed by atoms with Crippen molar-refractivity contribution in [3.63, 3.8) is 0 Å². The number of rotatable bonds is 36. The van der Waals surface area contributed by atoms with E-state index in [1.54, 1.807) is 0 Å². The summed E-state index contributed by atoms with van der Waals surface area (Å²) in [7, 11) is 0. The highest BCUT2D eigenvalue weighted by molar-refractivity contribution is 5.71. The van der Waals surface area contributed by atoms with E-state index >= 15 is 0 Å². The van der Waals surface area contributed by atoms with Gasteiger partial charge in [-0.15, -0.1) is 0 Å². The Bertz CT molecular complexity index is 789. The molecule has 0 heterocycles. The van der Waals surface area contributed by atoms with Crippen molar-refractivity contribution in [2.45, 2.75) is 213 Å². The quantitative estimate of drug-likeness (QED) is 0.0284. The largest absolute Gasteiger partial charge is 0.462 e. The number of esters is 3. The van der Waals surface area contributed by atoms with Gasteiger partial charge in [0.05, 0.1) is 0 Å². The molecule has 0 aliphatic heterocycles. The van der Waals surface area contributed by atoms with Crippen molar-refractivity contribution in [2.75, 3.05) is 13.2 Å². The summed E-state index contributed by atoms with van der Waals surface area (Å²) in [6.07, 6.45) is 38.8. The van der Waals surface area contributed by atoms with Crippen molar-refractivity contribution in [2.24, 2.45) is 0 Å². The average molecular weight is 677 g/mol. The molecule has 0 aliphatic carbocycles. The molecule has 0 aliphatic rings. The van der Waals surface area contributed by atoms with Gasteiger partial charge in [0.1, 0.15) is 13.2 Å². The first kappa shape index (κ1) is 45.9. The van der Waals surface area contributed by atoms with Gasteiger partial charge in [-0.1, -0.05) is 173 Å². The summed E-state index contributed by atoms with van der Waals surface area (Å²) < 4.78 is 16.6. The highest BCUT2D eigenvalue weighted by atomic mass is 16.6. The Kier molecular flexibility index (Phi) is 36.0. The third kappa shape index (κ3) is 35.2. The van der Waals surface area contributed by atoms with Crippen molar-refractivity contribution < 1.29 is 28.6 Å². The zero-order chi connectivity index (χ0) is 35.2. The van der Waals surface area contributed by atoms with Crippen LogP contribution in [-0.2, 0) is 28.6 Å². The maximum Gasteiger partial charge on any atom is 0.306 e. The van der Waals surface area contributed by atoms with E-state index < -0.39 is 6.10 Å². The molecule has 280 valence electrons. The molecule has 0 bridgehead atoms. The molecule has 0 rings (SSSR count). The third-order valence-corrected chi connectivity index (χ3v) is 8.74. The zero-order valence-electron chi connectivity index (χ0n) is 31.8. The normalized spacial score (nSPS) is 12.1. The van der Waals surface area contributed by atoms with Crippen LogP contribution in [0.25, 0.3) is 0 Å². The number of unbranched alkanes of at least 4 members (excludes halogenated alkanes) is 22. The van der Waals surface area contributed by atoms with Crippen molar-refractivity contribution >= 4 is 17.9 Å². The van der Waals surface area contributed by atoms with E-state index in [0.29, 0.717) is 19.3 Å². The number of hydrogen-bond donors (Lipinski definition) is 0. The predicted molar refractivity (Wildman–Crippen MR) is 201 cm³/mol. The van der Waals surface area contributed by atoms with Gasteiger partial charge in [-0.05, 0) is 38.5 Å². The predicted octanol–water partition coefficient (Wildman–Crippen LogP) is 12.5. The first-order valence-electron chi connectivity index (χ1n) is 20.4. The lowest BCUT2D eigenvalue weighted by molar-refractivity contribution is -0.167. The van der Waals surface area contributed by atoms with Crippen molar-refractivity contribution in [1.29, 1.82) is 0 Å². The number of ether oxygens (including phenoxy) is 3. The van der Waals surface area contributed by atoms with Crippen LogP contribution in [0.1, 0.15) is 207 Å². The topological polar surface area (TPSA) is 78.9 Å². The minimum absolute atomic E-state index is 0.0768. The molecule has 0 radical (unpaired) electrons. The molecule has 0 spiro atoms. The van der Waals surface area contributed by atoms with Crippen LogP contribution in [0, 0.1) is 0 Å². The molecule has 1 unspecified atom stereocenters. The summed E-state index contributed by atoms with van der Waals surface area (Å²) >= 11 is 0. The van der Waals surface area contributed by atoms with Crippen LogP contribution < -0.4 is 0 Å². The van der Waals surface area contributed by atoms with Gasteiger partial charge < -0.3 is 14.2 Å². The van der Waals surface area contributed by atoms with E-state index in [9.17, 15) is 14.4 Å². The lowest BCUT2D eigenvalue weighted by Crippen LogP contribution is -2.30. The summed E-state index contributed by atoms with van der Waals surface area (Å²) in [4.78, 5) is 37.4. The third-order valence-electron chi connectivity index (χ3n) is 8.74. The molecule has 6 heteroatoms. The van der Waals surface area contributed by atoms with Crippen LogP contribution in [0.2, 0.25) is 0 Å². The minimum atomic E-state index is -0.771. The number of allylic oxidation sites excluding steroid dienone is 4. The monoisotopic (exact) mass is 677 g/mol. The number of hydrogen-bond acceptors (Lipinski definition) is 6. The summed E-state index contributed by atoms with van der Waals surface area (Å²) in [6, 6.07) is 0. The lowest BCUT2D eigenvalue weighted by Gasteiger charge is -2.18. The molecule has 0 amide bonds. The molecule has 0 N–H and O–H groups in total. The van der Waals surface area contributed by atoms with Gasteiger partial charge in [-0.2, -0.15) is 0 Å². The Morgan fingerprint density at radius 1 is 0.417 bits per heavy atom. The Balaban J connectivity index is 4.40. The van der Waals surface area contributed by atoms with E-state index in [4.69, 9.17) is 14.2 Å². The Labute approximate surface area is 296 Å². The minimum Gasteiger partial charge on any atom is -0.462 e. The van der Waals surface area contributed by atoms with Crippen LogP contribution in [0.4, 0.5) is 0 Å². The fourth-order valence-corrected chi connectivity index (χ4v) is 5.59. The van der Waals surface area contributed by atoms with Crippen molar-refractivity contribution in [1.82, 2.24) is 0 Å². The molecule has 0 fully saturated rings. The van der Waals surface area contributed by atoms with Crippen molar-refractivity contribution in [3.8, 4) is 0 Å². The number of carbonyl (C=O) groups is 3. The Morgan fingerprint density at radius 3 is 1.17 bits per heavy atom. The van der Waals surface area contributed by atoms with Crippen LogP contribution in [0.15, 0.2) is 24.3 Å². The first-order chi connectivity index (χ1) is 23.5. The van der Waals surface area contributed by atoms with E-state index in [0.717, 1.165) is 70.6 Å². The Hall–Kier alpha value is -2.11. The highest BCUT2D eigenvalue weighted by Gasteiger charge is 2.19. The molecule has 48 heavy (non-hydrogen) atoms. The molecule has 0 aromatic carbocycles. The van der Waals surface area contributed by atoms with Gasteiger partial charge in [0.15, 0.2) is 6.10 Å². The van der Waals surface area contributed by atoms with Crippen LogP contribution in [0.3, 0.4) is 0 Å². The van der Waals surface area contributed by atoms with E-state index in [2.05, 4.69) is 45.1 Å². The molecular formula is C42H76O6. The molecule has 0 saturated heterocycles. The second-order valence-electron chi connectivity index (χ2n) is 13.6. The van der Waals surface area contributed by atoms with Crippen LogP contribution in [0.5, 0.6) is 0 Å². The summed E-state index contributed by atoms with van der Waals surface area (Å²) in [5.74, 6) is -0.912. The molecule has 0 aromatic heterocycles. The summed E-state index contributed by atoms with van der Waals surface area (Å²) in [5.41, 5.74) is 0. The molecular weight excluding hydrogens is 600 g/mol. The van der Waals surface area contributed by atoms with Gasteiger partial charge >= 0.3 is 17.9 Å². The van der Waals surface area contributed by atoms with Crippen molar-refractivity contribution in [3.05, 3.63) is 24.3 Å². The maximum atomic E-state index is 12.6. The highest BCUT2D eigenvalue weighted by Crippen LogP contribution is 2.14. The first-order valence-corrected chi connectivity index (χ1v) is 20.4. The molecule has 1 atom stereocenters. The van der Waals surface area contributed by atoms with E-state index in [1.807, 2.05) is 0 Å². The van der Waals surface area contributed by atoms with Gasteiger partial charge in [-0.25, -0.2) is 0 Å². The maximum absolute atomic E-state index is 12.6. The second-order valence-corrected chi connectivity index (χ2v) is 13.6. The fourth-order valence-electron chi connectivity index (χ4n) is 5.59. The SMILES string of the molecule is CCCC/C=C\C=C/CCCCCC(=O)OCC(COC(=O)CCCCCCCCCCC)OC(=O)CCCCCCCCCCCC. The smallest absolute Gasteiger partial charge is 0.306 e. The van der Waals surface area contributed by atoms with E-state index in [1.165, 1.54) is 96.3 Å². The Morgan fingerprint density at radius 2 is 0.750 bits per heavy atom. The average Bonchev–Trinajstić information content (AvgIpc) is 3.08. The van der Waals surface area contributed by atoms with Gasteiger partial charge in [0, 0.05) is 19.3 Å². The molecule has 6 nitrogen and oxygen atoms in total. The summed E-state index contributed by atoms with van der Waals surface area (Å²) in [6.45, 7) is 6.51. The van der Waals surface area contributed by atoms with Crippen LogP contribution in [-0.4, -0.2) is 37.2 Å². The van der Waals surface area contributed by atoms with Crippen LogP contribution >= 0.6 is 0 Å². The van der Waals surface area contributed by atoms with Gasteiger partial charge in [0.2, 0.25) is 0 Å². The second kappa shape index (κ2) is 37.7. The number of carbonyl (C=O) groups excluding carboxylic acids is 3. The zero-order valence-corrected chi connectivity index (χ0v) is 31.8. The molecule has 0 saturated carbocycles. The van der Waals surface area contributed by atoms with E-state index in [-0.39, 0.29) is 31.1 Å². The van der Waals surface area contributed by atoms with Gasteiger partial charge in [0.25, 0.3) is 0 Å². The standard InChI is InChI=1S/C42H76O6/c1-4-7-10-13-16-19-21-24-26-29-32-35-41(44)47-38-39(37-46-40(43)34-31-28-25-22-18-15-12-9-6-3)48-42(45)36-33-30-27-23-20-17-14-11-8-5-2/h13,16,19,21,39H,4-12,14-15,17-18,20,22-38H2,1-3H3/b16-13-,21-19-. The fraction of sp³-hybridized carbons (Fsp3) is 0.833. The van der Waals surface area contributed by atoms with Gasteiger partial charge in [-0.3, -0.25) is 14.4 Å². The molecule has 0 aromatic rings.